The summed E-state index contributed by atoms with van der Waals surface area (Å²) >= 11 is 4.73. The highest BCUT2D eigenvalue weighted by atomic mass is 79.9. The minimum atomic E-state index is -1.70. The van der Waals surface area contributed by atoms with Gasteiger partial charge in [0.2, 0.25) is 5.13 Å². The maximum Gasteiger partial charge on any atom is 0.206 e. The molecule has 1 heterocycles. The third-order valence-electron chi connectivity index (χ3n) is 3.58. The summed E-state index contributed by atoms with van der Waals surface area (Å²) in [7, 11) is 1.62. The van der Waals surface area contributed by atoms with Crippen molar-refractivity contribution in [2.45, 2.75) is 24.4 Å². The lowest BCUT2D eigenvalue weighted by atomic mass is 10.0. The summed E-state index contributed by atoms with van der Waals surface area (Å²) < 4.78 is 0.972. The molecule has 0 bridgehead atoms. The summed E-state index contributed by atoms with van der Waals surface area (Å²) in [6.45, 7) is -0.736. The Hall–Kier alpha value is -1.40. The first-order valence-corrected chi connectivity index (χ1v) is 9.33. The molecule has 0 aliphatic carbocycles. The summed E-state index contributed by atoms with van der Waals surface area (Å²) in [5, 5.41) is 55.1. The van der Waals surface area contributed by atoms with Gasteiger partial charge in [-0.05, 0) is 12.1 Å². The molecule has 0 unspecified atom stereocenters. The van der Waals surface area contributed by atoms with Crippen LogP contribution in [0.3, 0.4) is 0 Å². The number of aliphatic hydroxyl groups is 5. The first-order chi connectivity index (χ1) is 12.3. The van der Waals surface area contributed by atoms with Crippen LogP contribution in [0.4, 0.5) is 5.13 Å². The van der Waals surface area contributed by atoms with Gasteiger partial charge in [0.25, 0.3) is 0 Å². The third-order valence-corrected chi connectivity index (χ3v) is 5.02. The Morgan fingerprint density at radius 3 is 2.46 bits per heavy atom. The van der Waals surface area contributed by atoms with Crippen molar-refractivity contribution in [3.8, 4) is 11.3 Å². The first kappa shape index (κ1) is 20.9. The molecule has 1 aromatic carbocycles. The minimum Gasteiger partial charge on any atom is -0.394 e. The fourth-order valence-electron chi connectivity index (χ4n) is 2.01. The summed E-state index contributed by atoms with van der Waals surface area (Å²) in [5.41, 5.74) is 1.73. The van der Waals surface area contributed by atoms with Gasteiger partial charge in [0.1, 0.15) is 24.4 Å². The summed E-state index contributed by atoms with van der Waals surface area (Å²) in [4.78, 5) is 4.46. The summed E-state index contributed by atoms with van der Waals surface area (Å²) in [6, 6.07) is 7.69. The van der Waals surface area contributed by atoms with E-state index in [0.717, 1.165) is 21.9 Å². The fraction of sp³-hybridized carbons (Fsp3) is 0.375. The highest BCUT2D eigenvalue weighted by Crippen LogP contribution is 2.27. The molecule has 5 N–H and O–H groups in total. The van der Waals surface area contributed by atoms with Gasteiger partial charge in [-0.25, -0.2) is 9.99 Å². The summed E-state index contributed by atoms with van der Waals surface area (Å²) in [5.74, 6) is 0. The number of benzene rings is 1. The number of hydrazone groups is 1. The number of halogens is 1. The van der Waals surface area contributed by atoms with Crippen molar-refractivity contribution >= 4 is 38.6 Å². The fourth-order valence-corrected chi connectivity index (χ4v) is 3.03. The van der Waals surface area contributed by atoms with Crippen LogP contribution in [0, 0.1) is 0 Å². The highest BCUT2D eigenvalue weighted by molar-refractivity contribution is 9.10. The van der Waals surface area contributed by atoms with E-state index in [1.54, 1.807) is 7.05 Å². The number of hydrogen-bond acceptors (Lipinski definition) is 9. The van der Waals surface area contributed by atoms with E-state index < -0.39 is 31.0 Å². The summed E-state index contributed by atoms with van der Waals surface area (Å²) in [6.07, 6.45) is -5.45. The average Bonchev–Trinajstić information content (AvgIpc) is 3.14. The van der Waals surface area contributed by atoms with Crippen LogP contribution in [-0.2, 0) is 0 Å². The van der Waals surface area contributed by atoms with Crippen LogP contribution < -0.4 is 5.01 Å². The number of anilines is 1. The number of thiazole rings is 1. The van der Waals surface area contributed by atoms with E-state index in [2.05, 4.69) is 26.0 Å². The highest BCUT2D eigenvalue weighted by Gasteiger charge is 2.29. The van der Waals surface area contributed by atoms with Crippen molar-refractivity contribution in [2.75, 3.05) is 18.7 Å². The second kappa shape index (κ2) is 9.51. The molecule has 0 fully saturated rings. The van der Waals surface area contributed by atoms with E-state index in [1.165, 1.54) is 16.3 Å². The molecular weight excluding hydrogens is 426 g/mol. The number of rotatable bonds is 8. The van der Waals surface area contributed by atoms with Crippen LogP contribution in [0.15, 0.2) is 39.2 Å². The predicted molar refractivity (Wildman–Crippen MR) is 103 cm³/mol. The molecule has 0 amide bonds. The second-order valence-electron chi connectivity index (χ2n) is 5.53. The van der Waals surface area contributed by atoms with Gasteiger partial charge in [-0.2, -0.15) is 5.10 Å². The number of aromatic nitrogens is 1. The zero-order valence-corrected chi connectivity index (χ0v) is 16.2. The molecule has 0 saturated carbocycles. The van der Waals surface area contributed by atoms with E-state index in [0.29, 0.717) is 5.13 Å². The van der Waals surface area contributed by atoms with Gasteiger partial charge in [0.15, 0.2) is 0 Å². The second-order valence-corrected chi connectivity index (χ2v) is 7.28. The van der Waals surface area contributed by atoms with E-state index in [4.69, 9.17) is 5.11 Å². The molecule has 2 aromatic rings. The van der Waals surface area contributed by atoms with Crippen molar-refractivity contribution in [3.63, 3.8) is 0 Å². The van der Waals surface area contributed by atoms with E-state index in [1.807, 2.05) is 29.6 Å². The van der Waals surface area contributed by atoms with Gasteiger partial charge in [-0.1, -0.05) is 28.1 Å². The van der Waals surface area contributed by atoms with Crippen LogP contribution >= 0.6 is 27.3 Å². The van der Waals surface area contributed by atoms with Crippen LogP contribution in [0.25, 0.3) is 11.3 Å². The van der Waals surface area contributed by atoms with Crippen molar-refractivity contribution in [2.24, 2.45) is 5.10 Å². The lowest BCUT2D eigenvalue weighted by Gasteiger charge is -2.23. The Kier molecular flexibility index (Phi) is 7.65. The third kappa shape index (κ3) is 5.30. The normalized spacial score (nSPS) is 16.4. The Labute approximate surface area is 162 Å². The van der Waals surface area contributed by atoms with Crippen LogP contribution in [0.2, 0.25) is 0 Å². The standard InChI is InChI=1S/C16H20BrN3O5S/c1-20(18-6-12(22)14(24)15(25)13(23)7-21)16-19-11(8-26-16)9-2-4-10(17)5-3-9/h2-6,8,12-15,21-25H,7H2,1H3/b18-6-/t12-,13+,14+,15+/m0/s1. The van der Waals surface area contributed by atoms with Gasteiger partial charge >= 0.3 is 0 Å². The Balaban J connectivity index is 2.02. The first-order valence-electron chi connectivity index (χ1n) is 7.66. The van der Waals surface area contributed by atoms with Crippen molar-refractivity contribution in [1.82, 2.24) is 4.98 Å². The average molecular weight is 446 g/mol. The quantitative estimate of drug-likeness (QED) is 0.294. The largest absolute Gasteiger partial charge is 0.394 e. The smallest absolute Gasteiger partial charge is 0.206 e. The van der Waals surface area contributed by atoms with Crippen LogP contribution in [0.1, 0.15) is 0 Å². The SMILES string of the molecule is CN(/N=C\[C@H](O)[C@@H](O)[C@H](O)[C@H](O)CO)c1nc(-c2ccc(Br)cc2)cs1. The van der Waals surface area contributed by atoms with Gasteiger partial charge in [0, 0.05) is 22.5 Å². The molecule has 0 radical (unpaired) electrons. The van der Waals surface area contributed by atoms with Crippen molar-refractivity contribution in [3.05, 3.63) is 34.1 Å². The van der Waals surface area contributed by atoms with Crippen molar-refractivity contribution < 1.29 is 25.5 Å². The maximum absolute atomic E-state index is 9.84. The topological polar surface area (TPSA) is 130 Å². The predicted octanol–water partition coefficient (Wildman–Crippen LogP) is 0.431. The van der Waals surface area contributed by atoms with Crippen LogP contribution in [0.5, 0.6) is 0 Å². The molecule has 0 aliphatic rings. The van der Waals surface area contributed by atoms with Crippen LogP contribution in [-0.4, -0.2) is 74.8 Å². The zero-order valence-electron chi connectivity index (χ0n) is 13.8. The molecule has 10 heteroatoms. The Bertz CT molecular complexity index is 727. The molecule has 4 atom stereocenters. The molecular formula is C16H20BrN3O5S. The molecule has 1 aromatic heterocycles. The molecule has 2 rings (SSSR count). The molecule has 0 spiro atoms. The van der Waals surface area contributed by atoms with E-state index in [-0.39, 0.29) is 0 Å². The van der Waals surface area contributed by atoms with Gasteiger partial charge in [-0.15, -0.1) is 11.3 Å². The van der Waals surface area contributed by atoms with E-state index >= 15 is 0 Å². The van der Waals surface area contributed by atoms with Gasteiger partial charge < -0.3 is 25.5 Å². The molecule has 0 aliphatic heterocycles. The Morgan fingerprint density at radius 2 is 1.85 bits per heavy atom. The lowest BCUT2D eigenvalue weighted by Crippen LogP contribution is -2.46. The lowest BCUT2D eigenvalue weighted by molar-refractivity contribution is -0.0999. The number of aliphatic hydroxyl groups excluding tert-OH is 5. The molecule has 0 saturated heterocycles. The number of hydrogen-bond donors (Lipinski definition) is 5. The van der Waals surface area contributed by atoms with Gasteiger partial charge in [-0.3, -0.25) is 0 Å². The van der Waals surface area contributed by atoms with E-state index in [9.17, 15) is 20.4 Å². The zero-order chi connectivity index (χ0) is 19.3. The maximum atomic E-state index is 9.84. The molecule has 26 heavy (non-hydrogen) atoms. The van der Waals surface area contributed by atoms with Gasteiger partial charge in [0.05, 0.1) is 18.5 Å². The minimum absolute atomic E-state index is 0.566. The Morgan fingerprint density at radius 1 is 1.19 bits per heavy atom. The molecule has 142 valence electrons. The number of nitrogens with zero attached hydrogens (tertiary/aromatic N) is 3. The van der Waals surface area contributed by atoms with Crippen molar-refractivity contribution in [1.29, 1.82) is 0 Å². The molecule has 8 nitrogen and oxygen atoms in total. The monoisotopic (exact) mass is 445 g/mol.